The number of rotatable bonds is 7. The highest BCUT2D eigenvalue weighted by atomic mass is 127. The summed E-state index contributed by atoms with van der Waals surface area (Å²) < 4.78 is 11.1. The lowest BCUT2D eigenvalue weighted by Gasteiger charge is -2.11. The van der Waals surface area contributed by atoms with Crippen LogP contribution in [0.25, 0.3) is 0 Å². The van der Waals surface area contributed by atoms with Gasteiger partial charge in [0.25, 0.3) is 0 Å². The van der Waals surface area contributed by atoms with Crippen LogP contribution in [0, 0.1) is 5.92 Å². The molecule has 2 rings (SSSR count). The van der Waals surface area contributed by atoms with Crippen LogP contribution in [0.4, 0.5) is 0 Å². The van der Waals surface area contributed by atoms with Crippen molar-refractivity contribution in [3.8, 4) is 5.88 Å². The first-order valence-electron chi connectivity index (χ1n) is 7.97. The summed E-state index contributed by atoms with van der Waals surface area (Å²) in [6.45, 7) is 6.67. The lowest BCUT2D eigenvalue weighted by atomic mass is 10.2. The monoisotopic (exact) mass is 468 g/mol. The van der Waals surface area contributed by atoms with Gasteiger partial charge in [0.2, 0.25) is 5.88 Å². The Bertz CT molecular complexity index is 537. The van der Waals surface area contributed by atoms with Gasteiger partial charge in [-0.15, -0.1) is 24.0 Å². The molecule has 0 saturated carbocycles. The van der Waals surface area contributed by atoms with Gasteiger partial charge in [-0.1, -0.05) is 25.4 Å². The summed E-state index contributed by atoms with van der Waals surface area (Å²) in [5.41, 5.74) is 6.74. The van der Waals surface area contributed by atoms with Gasteiger partial charge in [0.1, 0.15) is 5.02 Å². The van der Waals surface area contributed by atoms with Crippen LogP contribution in [0.3, 0.4) is 0 Å². The van der Waals surface area contributed by atoms with Gasteiger partial charge < -0.3 is 20.5 Å². The Morgan fingerprint density at radius 1 is 1.58 bits per heavy atom. The van der Waals surface area contributed by atoms with Gasteiger partial charge in [-0.25, -0.2) is 9.98 Å². The molecule has 0 spiro atoms. The topological polar surface area (TPSA) is 81.8 Å². The molecule has 0 radical (unpaired) electrons. The molecule has 1 fully saturated rings. The maximum atomic E-state index is 6.18. The molecule has 136 valence electrons. The molecule has 24 heavy (non-hydrogen) atoms. The lowest BCUT2D eigenvalue weighted by Crippen LogP contribution is -2.37. The molecular formula is C16H26ClIN4O2. The molecule has 0 aliphatic carbocycles. The van der Waals surface area contributed by atoms with Crippen molar-refractivity contribution in [1.82, 2.24) is 10.3 Å². The van der Waals surface area contributed by atoms with Crippen molar-refractivity contribution in [3.63, 3.8) is 0 Å². The smallest absolute Gasteiger partial charge is 0.232 e. The Kier molecular flexibility index (Phi) is 9.68. The SMILES string of the molecule is CC(C)COc1ncc(CN=C(N)NCC2CCCO2)cc1Cl.I. The van der Waals surface area contributed by atoms with Crippen LogP contribution in [0.2, 0.25) is 5.02 Å². The fourth-order valence-electron chi connectivity index (χ4n) is 2.16. The van der Waals surface area contributed by atoms with Gasteiger partial charge in [0.05, 0.1) is 19.3 Å². The van der Waals surface area contributed by atoms with E-state index >= 15 is 0 Å². The van der Waals surface area contributed by atoms with E-state index in [4.69, 9.17) is 26.8 Å². The molecule has 0 amide bonds. The number of nitrogens with one attached hydrogen (secondary N) is 1. The number of hydrogen-bond donors (Lipinski definition) is 2. The summed E-state index contributed by atoms with van der Waals surface area (Å²) in [6.07, 6.45) is 4.12. The Hall–Kier alpha value is -0.800. The van der Waals surface area contributed by atoms with E-state index in [0.717, 1.165) is 25.0 Å². The van der Waals surface area contributed by atoms with Crippen LogP contribution in [0.5, 0.6) is 5.88 Å². The zero-order valence-corrected chi connectivity index (χ0v) is 17.2. The number of nitrogens with two attached hydrogens (primary N) is 1. The molecule has 1 unspecified atom stereocenters. The zero-order chi connectivity index (χ0) is 16.7. The molecule has 1 aliphatic rings. The van der Waals surface area contributed by atoms with Gasteiger partial charge >= 0.3 is 0 Å². The average Bonchev–Trinajstić information content (AvgIpc) is 3.03. The van der Waals surface area contributed by atoms with Crippen molar-refractivity contribution in [2.45, 2.75) is 39.3 Å². The van der Waals surface area contributed by atoms with Crippen LogP contribution in [0.15, 0.2) is 17.3 Å². The predicted octanol–water partition coefficient (Wildman–Crippen LogP) is 2.97. The predicted molar refractivity (Wildman–Crippen MR) is 107 cm³/mol. The van der Waals surface area contributed by atoms with E-state index in [2.05, 4.69) is 29.1 Å². The molecule has 1 aliphatic heterocycles. The number of guanidine groups is 1. The fraction of sp³-hybridized carbons (Fsp3) is 0.625. The van der Waals surface area contributed by atoms with Crippen LogP contribution < -0.4 is 15.8 Å². The van der Waals surface area contributed by atoms with E-state index in [-0.39, 0.29) is 30.1 Å². The minimum atomic E-state index is 0. The summed E-state index contributed by atoms with van der Waals surface area (Å²) in [4.78, 5) is 8.52. The van der Waals surface area contributed by atoms with Crippen LogP contribution in [-0.2, 0) is 11.3 Å². The fourth-order valence-corrected chi connectivity index (χ4v) is 2.40. The highest BCUT2D eigenvalue weighted by Crippen LogP contribution is 2.23. The second kappa shape index (κ2) is 10.9. The average molecular weight is 469 g/mol. The number of nitrogens with zero attached hydrogens (tertiary/aromatic N) is 2. The molecule has 1 saturated heterocycles. The third-order valence-electron chi connectivity index (χ3n) is 3.38. The maximum Gasteiger partial charge on any atom is 0.232 e. The van der Waals surface area contributed by atoms with E-state index in [9.17, 15) is 0 Å². The molecule has 1 atom stereocenters. The molecule has 8 heteroatoms. The summed E-state index contributed by atoms with van der Waals surface area (Å²) >= 11 is 6.18. The Morgan fingerprint density at radius 2 is 2.38 bits per heavy atom. The molecular weight excluding hydrogens is 443 g/mol. The summed E-state index contributed by atoms with van der Waals surface area (Å²) in [5, 5.41) is 3.57. The zero-order valence-electron chi connectivity index (χ0n) is 14.1. The highest BCUT2D eigenvalue weighted by Gasteiger charge is 2.14. The number of hydrogen-bond acceptors (Lipinski definition) is 4. The molecule has 2 heterocycles. The van der Waals surface area contributed by atoms with E-state index in [1.54, 1.807) is 12.3 Å². The lowest BCUT2D eigenvalue weighted by molar-refractivity contribution is 0.114. The first-order valence-corrected chi connectivity index (χ1v) is 8.35. The van der Waals surface area contributed by atoms with Gasteiger partial charge in [-0.2, -0.15) is 0 Å². The van der Waals surface area contributed by atoms with Crippen molar-refractivity contribution in [2.24, 2.45) is 16.6 Å². The molecule has 1 aromatic rings. The van der Waals surface area contributed by atoms with Crippen LogP contribution in [0.1, 0.15) is 32.3 Å². The Balaban J connectivity index is 0.00000288. The molecule has 0 aromatic carbocycles. The summed E-state index contributed by atoms with van der Waals surface area (Å²) in [6, 6.07) is 1.81. The molecule has 0 bridgehead atoms. The maximum absolute atomic E-state index is 6.18. The minimum Gasteiger partial charge on any atom is -0.476 e. The van der Waals surface area contributed by atoms with Crippen molar-refractivity contribution >= 4 is 41.5 Å². The van der Waals surface area contributed by atoms with Gasteiger partial charge in [0, 0.05) is 19.3 Å². The number of aliphatic imine (C=N–C) groups is 1. The molecule has 3 N–H and O–H groups in total. The van der Waals surface area contributed by atoms with Gasteiger partial charge in [-0.3, -0.25) is 0 Å². The number of ether oxygens (including phenoxy) is 2. The number of aromatic nitrogens is 1. The van der Waals surface area contributed by atoms with Crippen LogP contribution >= 0.6 is 35.6 Å². The van der Waals surface area contributed by atoms with Crippen molar-refractivity contribution in [1.29, 1.82) is 0 Å². The van der Waals surface area contributed by atoms with E-state index < -0.39 is 0 Å². The highest BCUT2D eigenvalue weighted by molar-refractivity contribution is 14.0. The largest absolute Gasteiger partial charge is 0.476 e. The molecule has 6 nitrogen and oxygen atoms in total. The standard InChI is InChI=1S/C16H25ClN4O2.HI/c1-11(2)10-23-15-14(17)6-12(7-19-15)8-20-16(18)21-9-13-4-3-5-22-13;/h6-7,11,13H,3-5,8-10H2,1-2H3,(H3,18,20,21);1H. The van der Waals surface area contributed by atoms with E-state index in [1.807, 2.05) is 0 Å². The number of pyridine rings is 1. The molecule has 1 aromatic heterocycles. The van der Waals surface area contributed by atoms with E-state index in [0.29, 0.717) is 42.5 Å². The summed E-state index contributed by atoms with van der Waals surface area (Å²) in [7, 11) is 0. The van der Waals surface area contributed by atoms with Gasteiger partial charge in [-0.05, 0) is 30.4 Å². The summed E-state index contributed by atoms with van der Waals surface area (Å²) in [5.74, 6) is 1.28. The second-order valence-electron chi connectivity index (χ2n) is 6.05. The van der Waals surface area contributed by atoms with E-state index in [1.165, 1.54) is 0 Å². The first kappa shape index (κ1) is 21.2. The number of halogens is 2. The van der Waals surface area contributed by atoms with Gasteiger partial charge in [0.15, 0.2) is 5.96 Å². The quantitative estimate of drug-likeness (QED) is 0.365. The minimum absolute atomic E-state index is 0. The normalized spacial score (nSPS) is 17.7. The Labute approximate surface area is 165 Å². The third-order valence-corrected chi connectivity index (χ3v) is 3.66. The van der Waals surface area contributed by atoms with Crippen molar-refractivity contribution in [3.05, 3.63) is 22.8 Å². The van der Waals surface area contributed by atoms with Crippen molar-refractivity contribution < 1.29 is 9.47 Å². The second-order valence-corrected chi connectivity index (χ2v) is 6.46. The van der Waals surface area contributed by atoms with Crippen LogP contribution in [-0.4, -0.2) is 36.8 Å². The third kappa shape index (κ3) is 7.40. The van der Waals surface area contributed by atoms with Crippen molar-refractivity contribution in [2.75, 3.05) is 19.8 Å². The first-order chi connectivity index (χ1) is 11.0. The Morgan fingerprint density at radius 3 is 3.00 bits per heavy atom.